The van der Waals surface area contributed by atoms with E-state index in [1.807, 2.05) is 103 Å². The van der Waals surface area contributed by atoms with Crippen LogP contribution in [0.25, 0.3) is 11.1 Å². The quantitative estimate of drug-likeness (QED) is 0.0775. The van der Waals surface area contributed by atoms with Crippen molar-refractivity contribution in [2.75, 3.05) is 26.9 Å². The van der Waals surface area contributed by atoms with Gasteiger partial charge in [0.1, 0.15) is 11.5 Å². The van der Waals surface area contributed by atoms with Gasteiger partial charge in [-0.1, -0.05) is 94.8 Å². The van der Waals surface area contributed by atoms with E-state index in [0.29, 0.717) is 44.1 Å². The zero-order valence-corrected chi connectivity index (χ0v) is 29.4. The summed E-state index contributed by atoms with van der Waals surface area (Å²) in [5, 5.41) is 9.12. The summed E-state index contributed by atoms with van der Waals surface area (Å²) in [5.41, 5.74) is 10.6. The van der Waals surface area contributed by atoms with E-state index in [2.05, 4.69) is 51.0 Å². The molecule has 8 nitrogen and oxygen atoms in total. The number of methoxy groups -OCH3 is 1. The SMILES string of the molecule is COc1ccc(CCNNC(=O)[C@@]2(Cc3ccc(Br)cc3)N=C(c3ccc(OCCCO)cc3)O[C@H]2c2ccc(-c3ccccc3)cc2)cc1. The smallest absolute Gasteiger partial charge is 0.266 e. The zero-order chi connectivity index (χ0) is 34.8. The normalized spacial score (nSPS) is 16.7. The summed E-state index contributed by atoms with van der Waals surface area (Å²) in [6.45, 7) is 0.990. The molecule has 1 aliphatic rings. The molecule has 5 aromatic rings. The number of aliphatic hydroxyl groups excluding tert-OH is 1. The van der Waals surface area contributed by atoms with Crippen molar-refractivity contribution in [1.82, 2.24) is 10.9 Å². The average molecular weight is 735 g/mol. The number of amides is 1. The number of hydrogen-bond acceptors (Lipinski definition) is 7. The fourth-order valence-corrected chi connectivity index (χ4v) is 6.19. The fraction of sp³-hybridized carbons (Fsp3) is 0.220. The molecule has 0 aromatic heterocycles. The predicted molar refractivity (Wildman–Crippen MR) is 199 cm³/mol. The molecule has 0 aliphatic carbocycles. The van der Waals surface area contributed by atoms with Crippen molar-refractivity contribution in [1.29, 1.82) is 0 Å². The Balaban J connectivity index is 1.33. The largest absolute Gasteiger partial charge is 0.497 e. The molecule has 2 atom stereocenters. The molecule has 3 N–H and O–H groups in total. The van der Waals surface area contributed by atoms with Crippen LogP contribution in [0.5, 0.6) is 11.5 Å². The van der Waals surface area contributed by atoms with Crippen LogP contribution in [-0.4, -0.2) is 49.3 Å². The van der Waals surface area contributed by atoms with Crippen LogP contribution in [0.2, 0.25) is 0 Å². The number of halogens is 1. The number of nitrogens with one attached hydrogen (secondary N) is 2. The molecule has 1 heterocycles. The van der Waals surface area contributed by atoms with Gasteiger partial charge in [-0.2, -0.15) is 0 Å². The van der Waals surface area contributed by atoms with Gasteiger partial charge in [0.25, 0.3) is 5.91 Å². The number of hydrazine groups is 1. The number of carbonyl (C=O) groups excluding carboxylic acids is 1. The lowest BCUT2D eigenvalue weighted by molar-refractivity contribution is -0.130. The lowest BCUT2D eigenvalue weighted by Gasteiger charge is -2.31. The summed E-state index contributed by atoms with van der Waals surface area (Å²) in [4.78, 5) is 19.7. The maximum absolute atomic E-state index is 14.6. The minimum atomic E-state index is -1.35. The van der Waals surface area contributed by atoms with Gasteiger partial charge in [0.05, 0.1) is 13.7 Å². The molecule has 0 radical (unpaired) electrons. The molecule has 256 valence electrons. The first-order valence-electron chi connectivity index (χ1n) is 16.6. The summed E-state index contributed by atoms with van der Waals surface area (Å²) in [5.74, 6) is 1.54. The number of hydrogen-bond donors (Lipinski definition) is 3. The molecule has 0 spiro atoms. The first kappa shape index (κ1) is 34.9. The highest BCUT2D eigenvalue weighted by atomic mass is 79.9. The monoisotopic (exact) mass is 733 g/mol. The van der Waals surface area contributed by atoms with Gasteiger partial charge >= 0.3 is 0 Å². The number of aliphatic imine (C=N–C) groups is 1. The van der Waals surface area contributed by atoms with Crippen molar-refractivity contribution in [3.63, 3.8) is 0 Å². The third-order valence-corrected chi connectivity index (χ3v) is 9.17. The van der Waals surface area contributed by atoms with E-state index in [4.69, 9.17) is 24.3 Å². The molecule has 50 heavy (non-hydrogen) atoms. The van der Waals surface area contributed by atoms with Crippen molar-refractivity contribution in [3.8, 4) is 22.6 Å². The van der Waals surface area contributed by atoms with E-state index >= 15 is 0 Å². The average Bonchev–Trinajstić information content (AvgIpc) is 3.55. The third-order valence-electron chi connectivity index (χ3n) is 8.64. The Bertz CT molecular complexity index is 1870. The van der Waals surface area contributed by atoms with Crippen LogP contribution in [-0.2, 0) is 22.4 Å². The number of ether oxygens (including phenoxy) is 3. The van der Waals surface area contributed by atoms with E-state index in [1.165, 1.54) is 0 Å². The third kappa shape index (κ3) is 8.42. The van der Waals surface area contributed by atoms with E-state index in [-0.39, 0.29) is 12.5 Å². The minimum absolute atomic E-state index is 0.0648. The summed E-state index contributed by atoms with van der Waals surface area (Å²) >= 11 is 3.54. The molecular formula is C41H40BrN3O5. The van der Waals surface area contributed by atoms with Crippen LogP contribution in [0, 0.1) is 0 Å². The second-order valence-corrected chi connectivity index (χ2v) is 13.0. The van der Waals surface area contributed by atoms with Gasteiger partial charge in [0.2, 0.25) is 5.90 Å². The maximum atomic E-state index is 14.6. The van der Waals surface area contributed by atoms with Crippen molar-refractivity contribution in [3.05, 3.63) is 154 Å². The number of carbonyl (C=O) groups is 1. The van der Waals surface area contributed by atoms with Gasteiger partial charge in [0.15, 0.2) is 11.6 Å². The van der Waals surface area contributed by atoms with E-state index in [1.54, 1.807) is 7.11 Å². The van der Waals surface area contributed by atoms with E-state index in [0.717, 1.165) is 43.6 Å². The number of nitrogens with zero attached hydrogens (tertiary/aromatic N) is 1. The second kappa shape index (κ2) is 16.6. The molecule has 0 saturated heterocycles. The molecule has 0 bridgehead atoms. The molecule has 9 heteroatoms. The summed E-state index contributed by atoms with van der Waals surface area (Å²) < 4.78 is 18.7. The highest BCUT2D eigenvalue weighted by Gasteiger charge is 2.53. The summed E-state index contributed by atoms with van der Waals surface area (Å²) in [6, 6.07) is 41.6. The topological polar surface area (TPSA) is 101 Å². The molecule has 1 aliphatic heterocycles. The molecule has 1 amide bonds. The highest BCUT2D eigenvalue weighted by molar-refractivity contribution is 9.10. The second-order valence-electron chi connectivity index (χ2n) is 12.1. The van der Waals surface area contributed by atoms with Crippen molar-refractivity contribution < 1.29 is 24.1 Å². The van der Waals surface area contributed by atoms with Crippen LogP contribution in [0.4, 0.5) is 0 Å². The van der Waals surface area contributed by atoms with Gasteiger partial charge < -0.3 is 19.3 Å². The van der Waals surface area contributed by atoms with Crippen LogP contribution < -0.4 is 20.3 Å². The number of rotatable bonds is 15. The van der Waals surface area contributed by atoms with Gasteiger partial charge in [-0.15, -0.1) is 0 Å². The predicted octanol–water partition coefficient (Wildman–Crippen LogP) is 7.25. The lowest BCUT2D eigenvalue weighted by Crippen LogP contribution is -2.54. The minimum Gasteiger partial charge on any atom is -0.497 e. The van der Waals surface area contributed by atoms with Crippen LogP contribution in [0.1, 0.15) is 34.8 Å². The summed E-state index contributed by atoms with van der Waals surface area (Å²) in [7, 11) is 1.65. The molecule has 0 saturated carbocycles. The Morgan fingerprint density at radius 2 is 1.46 bits per heavy atom. The highest BCUT2D eigenvalue weighted by Crippen LogP contribution is 2.43. The Morgan fingerprint density at radius 1 is 0.820 bits per heavy atom. The Kier molecular flexibility index (Phi) is 11.6. The van der Waals surface area contributed by atoms with Crippen LogP contribution in [0.3, 0.4) is 0 Å². The Labute approximate surface area is 301 Å². The van der Waals surface area contributed by atoms with Crippen molar-refractivity contribution in [2.24, 2.45) is 4.99 Å². The van der Waals surface area contributed by atoms with Gasteiger partial charge in [-0.05, 0) is 82.8 Å². The van der Waals surface area contributed by atoms with Crippen LogP contribution >= 0.6 is 15.9 Å². The Hall–Kier alpha value is -4.96. The molecule has 5 aromatic carbocycles. The van der Waals surface area contributed by atoms with E-state index < -0.39 is 11.6 Å². The number of aliphatic hydroxyl groups is 1. The van der Waals surface area contributed by atoms with Gasteiger partial charge in [0, 0.05) is 36.0 Å². The molecule has 0 fully saturated rings. The van der Waals surface area contributed by atoms with E-state index in [9.17, 15) is 4.79 Å². The summed E-state index contributed by atoms with van der Waals surface area (Å²) in [6.07, 6.45) is 0.814. The van der Waals surface area contributed by atoms with Crippen molar-refractivity contribution in [2.45, 2.75) is 30.9 Å². The lowest BCUT2D eigenvalue weighted by atomic mass is 9.82. The number of benzene rings is 5. The van der Waals surface area contributed by atoms with Crippen LogP contribution in [0.15, 0.2) is 137 Å². The molecule has 0 unspecified atom stereocenters. The zero-order valence-electron chi connectivity index (χ0n) is 27.8. The van der Waals surface area contributed by atoms with Gasteiger partial charge in [-0.3, -0.25) is 10.2 Å². The van der Waals surface area contributed by atoms with Gasteiger partial charge in [-0.25, -0.2) is 10.4 Å². The molecule has 6 rings (SSSR count). The molecular weight excluding hydrogens is 694 g/mol. The first-order valence-corrected chi connectivity index (χ1v) is 17.4. The fourth-order valence-electron chi connectivity index (χ4n) is 5.93. The van der Waals surface area contributed by atoms with Crippen molar-refractivity contribution >= 4 is 27.7 Å². The maximum Gasteiger partial charge on any atom is 0.266 e. The standard InChI is InChI=1S/C41H40BrN3O5/c1-48-36-20-10-29(11-21-36)24-25-43-45-40(47)41(28-30-8-18-35(42)19-9-30)38(33-14-12-32(13-15-33)31-6-3-2-4-7-31)50-39(44-41)34-16-22-37(23-17-34)49-27-5-26-46/h2-4,6-23,38,43,46H,5,24-28H2,1H3,(H,45,47)/t38-,41-/m0/s1. The first-order chi connectivity index (χ1) is 24.5. The Morgan fingerprint density at radius 3 is 2.14 bits per heavy atom.